The van der Waals surface area contributed by atoms with Crippen molar-refractivity contribution >= 4 is 5.82 Å². The third-order valence-electron chi connectivity index (χ3n) is 4.00. The van der Waals surface area contributed by atoms with Crippen molar-refractivity contribution in [1.82, 2.24) is 9.97 Å². The summed E-state index contributed by atoms with van der Waals surface area (Å²) in [6.07, 6.45) is 6.82. The van der Waals surface area contributed by atoms with Gasteiger partial charge in [-0.3, -0.25) is 0 Å². The van der Waals surface area contributed by atoms with Crippen LogP contribution in [0.1, 0.15) is 57.3 Å². The molecule has 112 valence electrons. The van der Waals surface area contributed by atoms with Crippen LogP contribution in [0.5, 0.6) is 5.88 Å². The molecule has 5 heteroatoms. The monoisotopic (exact) mass is 278 g/mol. The molecule has 2 rings (SSSR count). The molecule has 0 radical (unpaired) electrons. The summed E-state index contributed by atoms with van der Waals surface area (Å²) in [4.78, 5) is 8.97. The molecule has 0 saturated heterocycles. The summed E-state index contributed by atoms with van der Waals surface area (Å²) in [6.45, 7) is 6.37. The fourth-order valence-corrected chi connectivity index (χ4v) is 2.64. The lowest BCUT2D eigenvalue weighted by Gasteiger charge is -2.27. The minimum absolute atomic E-state index is 0.278. The Bertz CT molecular complexity index is 442. The number of hydrogen-bond acceptors (Lipinski definition) is 5. The van der Waals surface area contributed by atoms with Gasteiger partial charge in [-0.25, -0.2) is 10.8 Å². The molecule has 0 amide bonds. The maximum atomic E-state index is 6.12. The number of rotatable bonds is 5. The second-order valence-corrected chi connectivity index (χ2v) is 5.81. The predicted molar refractivity (Wildman–Crippen MR) is 80.6 cm³/mol. The van der Waals surface area contributed by atoms with Gasteiger partial charge in [0.25, 0.3) is 0 Å². The van der Waals surface area contributed by atoms with Gasteiger partial charge in [0.05, 0.1) is 5.56 Å². The molecule has 0 bridgehead atoms. The fourth-order valence-electron chi connectivity index (χ4n) is 2.64. The van der Waals surface area contributed by atoms with Crippen LogP contribution >= 0.6 is 0 Å². The second kappa shape index (κ2) is 6.88. The molecule has 0 atom stereocenters. The third-order valence-corrected chi connectivity index (χ3v) is 4.00. The fraction of sp³-hybridized carbons (Fsp3) is 0.733. The van der Waals surface area contributed by atoms with Crippen molar-refractivity contribution in [2.75, 3.05) is 5.43 Å². The second-order valence-electron chi connectivity index (χ2n) is 5.81. The highest BCUT2D eigenvalue weighted by atomic mass is 16.5. The Balaban J connectivity index is 2.14. The number of aryl methyl sites for hydroxylation is 1. The van der Waals surface area contributed by atoms with Crippen molar-refractivity contribution in [2.24, 2.45) is 11.8 Å². The molecule has 1 aromatic heterocycles. The van der Waals surface area contributed by atoms with Gasteiger partial charge in [0.1, 0.15) is 17.7 Å². The normalized spacial score (nSPS) is 22.6. The Morgan fingerprint density at radius 3 is 2.55 bits per heavy atom. The van der Waals surface area contributed by atoms with E-state index in [9.17, 15) is 0 Å². The number of nitrogens with two attached hydrogens (primary N) is 1. The summed E-state index contributed by atoms with van der Waals surface area (Å²) in [5, 5.41) is 0. The molecule has 3 N–H and O–H groups in total. The Morgan fingerprint density at radius 2 is 1.95 bits per heavy atom. The number of hydrogen-bond donors (Lipinski definition) is 2. The third kappa shape index (κ3) is 3.60. The van der Waals surface area contributed by atoms with Crippen molar-refractivity contribution in [3.63, 3.8) is 0 Å². The zero-order valence-electron chi connectivity index (χ0n) is 12.8. The number of aromatic nitrogens is 2. The Morgan fingerprint density at radius 1 is 1.25 bits per heavy atom. The van der Waals surface area contributed by atoms with Gasteiger partial charge >= 0.3 is 0 Å². The standard InChI is InChI=1S/C15H26N4O/c1-4-5-13-17-14(19-16)11(3)15(18-13)20-12-8-6-10(2)7-9-12/h10,12H,4-9,16H2,1-3H3,(H,17,18,19). The van der Waals surface area contributed by atoms with E-state index in [2.05, 4.69) is 29.2 Å². The molecule has 0 aromatic carbocycles. The minimum Gasteiger partial charge on any atom is -0.474 e. The molecule has 0 spiro atoms. The number of nitrogens with zero attached hydrogens (tertiary/aromatic N) is 2. The lowest BCUT2D eigenvalue weighted by Crippen LogP contribution is -2.24. The van der Waals surface area contributed by atoms with Gasteiger partial charge < -0.3 is 10.2 Å². The number of nitrogen functional groups attached to an aromatic ring is 1. The highest BCUT2D eigenvalue weighted by Gasteiger charge is 2.21. The van der Waals surface area contributed by atoms with Crippen molar-refractivity contribution in [1.29, 1.82) is 0 Å². The molecular formula is C15H26N4O. The summed E-state index contributed by atoms with van der Waals surface area (Å²) in [5.74, 6) is 8.51. The highest BCUT2D eigenvalue weighted by molar-refractivity contribution is 5.47. The van der Waals surface area contributed by atoms with Gasteiger partial charge in [0.2, 0.25) is 5.88 Å². The van der Waals surface area contributed by atoms with E-state index in [0.717, 1.165) is 43.0 Å². The van der Waals surface area contributed by atoms with Gasteiger partial charge in [-0.1, -0.05) is 13.8 Å². The lowest BCUT2D eigenvalue weighted by molar-refractivity contribution is 0.129. The van der Waals surface area contributed by atoms with E-state index in [-0.39, 0.29) is 6.10 Å². The first kappa shape index (κ1) is 15.0. The molecule has 1 fully saturated rings. The molecule has 1 aromatic rings. The van der Waals surface area contributed by atoms with E-state index in [1.165, 1.54) is 12.8 Å². The average Bonchev–Trinajstić information content (AvgIpc) is 2.45. The molecule has 0 unspecified atom stereocenters. The number of hydrazine groups is 1. The van der Waals surface area contributed by atoms with Gasteiger partial charge in [-0.05, 0) is 44.9 Å². The zero-order valence-corrected chi connectivity index (χ0v) is 12.8. The van der Waals surface area contributed by atoms with E-state index < -0.39 is 0 Å². The van der Waals surface area contributed by atoms with Crippen LogP contribution in [0, 0.1) is 12.8 Å². The minimum atomic E-state index is 0.278. The van der Waals surface area contributed by atoms with E-state index in [1.807, 2.05) is 6.92 Å². The highest BCUT2D eigenvalue weighted by Crippen LogP contribution is 2.29. The number of ether oxygens (including phenoxy) is 1. The molecule has 5 nitrogen and oxygen atoms in total. The summed E-state index contributed by atoms with van der Waals surface area (Å²) in [6, 6.07) is 0. The Hall–Kier alpha value is -1.36. The van der Waals surface area contributed by atoms with Crippen LogP contribution in [0.3, 0.4) is 0 Å². The van der Waals surface area contributed by atoms with Gasteiger partial charge in [0, 0.05) is 6.42 Å². The summed E-state index contributed by atoms with van der Waals surface area (Å²) >= 11 is 0. The number of anilines is 1. The molecule has 1 aliphatic carbocycles. The smallest absolute Gasteiger partial charge is 0.222 e. The van der Waals surface area contributed by atoms with Crippen molar-refractivity contribution in [3.05, 3.63) is 11.4 Å². The van der Waals surface area contributed by atoms with Gasteiger partial charge in [0.15, 0.2) is 0 Å². The number of nitrogens with one attached hydrogen (secondary N) is 1. The van der Waals surface area contributed by atoms with Crippen LogP contribution in [-0.4, -0.2) is 16.1 Å². The van der Waals surface area contributed by atoms with Crippen LogP contribution < -0.4 is 16.0 Å². The molecule has 20 heavy (non-hydrogen) atoms. The van der Waals surface area contributed by atoms with Crippen molar-refractivity contribution in [3.8, 4) is 5.88 Å². The van der Waals surface area contributed by atoms with Crippen LogP contribution in [0.2, 0.25) is 0 Å². The maximum absolute atomic E-state index is 6.12. The van der Waals surface area contributed by atoms with Crippen LogP contribution in [-0.2, 0) is 6.42 Å². The molecular weight excluding hydrogens is 252 g/mol. The largest absolute Gasteiger partial charge is 0.474 e. The first-order valence-corrected chi connectivity index (χ1v) is 7.64. The van der Waals surface area contributed by atoms with E-state index in [4.69, 9.17) is 10.6 Å². The van der Waals surface area contributed by atoms with Crippen molar-refractivity contribution < 1.29 is 4.74 Å². The summed E-state index contributed by atoms with van der Waals surface area (Å²) in [5.41, 5.74) is 3.54. The van der Waals surface area contributed by atoms with Gasteiger partial charge in [-0.15, -0.1) is 0 Å². The zero-order chi connectivity index (χ0) is 14.5. The quantitative estimate of drug-likeness (QED) is 0.640. The Kier molecular flexibility index (Phi) is 5.17. The van der Waals surface area contributed by atoms with Crippen LogP contribution in [0.4, 0.5) is 5.82 Å². The Labute approximate surface area is 121 Å². The van der Waals surface area contributed by atoms with Crippen LogP contribution in [0.25, 0.3) is 0 Å². The van der Waals surface area contributed by atoms with E-state index in [0.29, 0.717) is 11.7 Å². The average molecular weight is 278 g/mol. The van der Waals surface area contributed by atoms with Gasteiger partial charge in [-0.2, -0.15) is 4.98 Å². The lowest BCUT2D eigenvalue weighted by atomic mass is 9.89. The SMILES string of the molecule is CCCc1nc(NN)c(C)c(OC2CCC(C)CC2)n1. The summed E-state index contributed by atoms with van der Waals surface area (Å²) < 4.78 is 6.12. The van der Waals surface area contributed by atoms with E-state index in [1.54, 1.807) is 0 Å². The molecule has 1 saturated carbocycles. The molecule has 1 aliphatic rings. The maximum Gasteiger partial charge on any atom is 0.222 e. The first-order chi connectivity index (χ1) is 9.63. The van der Waals surface area contributed by atoms with E-state index >= 15 is 0 Å². The summed E-state index contributed by atoms with van der Waals surface area (Å²) in [7, 11) is 0. The topological polar surface area (TPSA) is 73.1 Å². The predicted octanol–water partition coefficient (Wildman–Crippen LogP) is 2.98. The van der Waals surface area contributed by atoms with Crippen molar-refractivity contribution in [2.45, 2.75) is 65.4 Å². The molecule has 1 heterocycles. The first-order valence-electron chi connectivity index (χ1n) is 7.64. The molecule has 0 aliphatic heterocycles. The van der Waals surface area contributed by atoms with Crippen LogP contribution in [0.15, 0.2) is 0 Å².